The van der Waals surface area contributed by atoms with Crippen molar-refractivity contribution in [2.75, 3.05) is 30.9 Å². The zero-order valence-corrected chi connectivity index (χ0v) is 18.2. The Balaban J connectivity index is 1.31. The first-order chi connectivity index (χ1) is 15.4. The summed E-state index contributed by atoms with van der Waals surface area (Å²) >= 11 is 0. The van der Waals surface area contributed by atoms with Crippen LogP contribution < -0.4 is 15.5 Å². The van der Waals surface area contributed by atoms with E-state index >= 15 is 0 Å². The van der Waals surface area contributed by atoms with E-state index in [1.165, 1.54) is 6.07 Å². The first-order valence-corrected chi connectivity index (χ1v) is 10.8. The van der Waals surface area contributed by atoms with Crippen molar-refractivity contribution >= 4 is 28.6 Å². The number of nitrogens with zero attached hydrogens (tertiary/aromatic N) is 3. The molecular weight excluding hydrogens is 412 g/mol. The van der Waals surface area contributed by atoms with Crippen LogP contribution in [0.2, 0.25) is 0 Å². The molecule has 0 spiro atoms. The minimum Gasteiger partial charge on any atom is -0.362 e. The van der Waals surface area contributed by atoms with Crippen LogP contribution in [-0.4, -0.2) is 42.6 Å². The Hall–Kier alpha value is -3.29. The SMILES string of the molecule is CN(C)c1nc(NC2CCC(CNC(=O)c3ccc(F)c(F)c3)CC2)nc2ccccc12. The van der Waals surface area contributed by atoms with E-state index in [0.29, 0.717) is 18.4 Å². The van der Waals surface area contributed by atoms with Gasteiger partial charge in [-0.05, 0) is 61.9 Å². The average molecular weight is 440 g/mol. The average Bonchev–Trinajstić information content (AvgIpc) is 2.79. The first-order valence-electron chi connectivity index (χ1n) is 10.8. The van der Waals surface area contributed by atoms with E-state index in [1.54, 1.807) is 0 Å². The van der Waals surface area contributed by atoms with E-state index in [0.717, 1.165) is 54.5 Å². The lowest BCUT2D eigenvalue weighted by Gasteiger charge is -2.29. The Kier molecular flexibility index (Phi) is 6.48. The van der Waals surface area contributed by atoms with Gasteiger partial charge in [-0.3, -0.25) is 4.79 Å². The fraction of sp³-hybridized carbons (Fsp3) is 0.375. The molecule has 6 nitrogen and oxygen atoms in total. The van der Waals surface area contributed by atoms with Gasteiger partial charge in [0.2, 0.25) is 5.95 Å². The van der Waals surface area contributed by atoms with Crippen LogP contribution in [0, 0.1) is 17.6 Å². The smallest absolute Gasteiger partial charge is 0.251 e. The fourth-order valence-corrected chi connectivity index (χ4v) is 4.14. The molecule has 0 aliphatic heterocycles. The molecule has 0 atom stereocenters. The summed E-state index contributed by atoms with van der Waals surface area (Å²) in [5, 5.41) is 7.34. The van der Waals surface area contributed by atoms with Crippen LogP contribution >= 0.6 is 0 Å². The van der Waals surface area contributed by atoms with E-state index < -0.39 is 11.6 Å². The summed E-state index contributed by atoms with van der Waals surface area (Å²) in [6.07, 6.45) is 3.78. The number of benzene rings is 2. The summed E-state index contributed by atoms with van der Waals surface area (Å²) in [4.78, 5) is 23.6. The minimum absolute atomic E-state index is 0.129. The topological polar surface area (TPSA) is 70.2 Å². The van der Waals surface area contributed by atoms with Crippen LogP contribution in [0.1, 0.15) is 36.0 Å². The quantitative estimate of drug-likeness (QED) is 0.597. The number of aromatic nitrogens is 2. The highest BCUT2D eigenvalue weighted by molar-refractivity contribution is 5.94. The Morgan fingerprint density at radius 1 is 1.03 bits per heavy atom. The molecule has 0 unspecified atom stereocenters. The van der Waals surface area contributed by atoms with E-state index in [2.05, 4.69) is 15.6 Å². The van der Waals surface area contributed by atoms with E-state index in [4.69, 9.17) is 4.98 Å². The van der Waals surface area contributed by atoms with E-state index in [-0.39, 0.29) is 17.5 Å². The molecule has 1 aliphatic rings. The van der Waals surface area contributed by atoms with Crippen LogP contribution in [0.15, 0.2) is 42.5 Å². The number of para-hydroxylation sites is 1. The van der Waals surface area contributed by atoms with Gasteiger partial charge in [0, 0.05) is 37.6 Å². The van der Waals surface area contributed by atoms with Crippen molar-refractivity contribution in [1.29, 1.82) is 0 Å². The highest BCUT2D eigenvalue weighted by Gasteiger charge is 2.23. The molecule has 1 aromatic heterocycles. The lowest BCUT2D eigenvalue weighted by molar-refractivity contribution is 0.0942. The Morgan fingerprint density at radius 2 is 1.78 bits per heavy atom. The van der Waals surface area contributed by atoms with Gasteiger partial charge in [0.1, 0.15) is 5.82 Å². The molecule has 4 rings (SSSR count). The summed E-state index contributed by atoms with van der Waals surface area (Å²) < 4.78 is 26.4. The molecule has 1 heterocycles. The summed E-state index contributed by atoms with van der Waals surface area (Å²) in [6.45, 7) is 0.516. The number of halogens is 2. The molecule has 0 saturated heterocycles. The van der Waals surface area contributed by atoms with Gasteiger partial charge in [-0.15, -0.1) is 0 Å². The van der Waals surface area contributed by atoms with Crippen molar-refractivity contribution in [3.05, 3.63) is 59.7 Å². The molecule has 168 valence electrons. The van der Waals surface area contributed by atoms with Crippen LogP contribution in [0.5, 0.6) is 0 Å². The third-order valence-electron chi connectivity index (χ3n) is 5.92. The predicted octanol–water partition coefficient (Wildman–Crippen LogP) is 4.37. The minimum atomic E-state index is -1.02. The molecule has 1 saturated carbocycles. The Morgan fingerprint density at radius 3 is 2.50 bits per heavy atom. The molecule has 8 heteroatoms. The molecule has 2 aromatic carbocycles. The molecule has 3 aromatic rings. The van der Waals surface area contributed by atoms with Crippen molar-refractivity contribution in [3.63, 3.8) is 0 Å². The number of hydrogen-bond acceptors (Lipinski definition) is 5. The zero-order chi connectivity index (χ0) is 22.7. The first kappa shape index (κ1) is 21.9. The maximum Gasteiger partial charge on any atom is 0.251 e. The summed E-state index contributed by atoms with van der Waals surface area (Å²) in [7, 11) is 3.94. The van der Waals surface area contributed by atoms with Crippen molar-refractivity contribution in [3.8, 4) is 0 Å². The number of hydrogen-bond donors (Lipinski definition) is 2. The van der Waals surface area contributed by atoms with Crippen molar-refractivity contribution in [2.45, 2.75) is 31.7 Å². The monoisotopic (exact) mass is 439 g/mol. The summed E-state index contributed by atoms with van der Waals surface area (Å²) in [5.41, 5.74) is 1.03. The summed E-state index contributed by atoms with van der Waals surface area (Å²) in [6, 6.07) is 11.4. The van der Waals surface area contributed by atoms with E-state index in [9.17, 15) is 13.6 Å². The van der Waals surface area contributed by atoms with Crippen LogP contribution in [-0.2, 0) is 0 Å². The van der Waals surface area contributed by atoms with Gasteiger partial charge in [-0.1, -0.05) is 12.1 Å². The zero-order valence-electron chi connectivity index (χ0n) is 18.2. The second kappa shape index (κ2) is 9.46. The number of nitrogens with one attached hydrogen (secondary N) is 2. The van der Waals surface area contributed by atoms with Crippen LogP contribution in [0.3, 0.4) is 0 Å². The second-order valence-corrected chi connectivity index (χ2v) is 8.48. The van der Waals surface area contributed by atoms with Crippen molar-refractivity contribution < 1.29 is 13.6 Å². The normalized spacial score (nSPS) is 18.4. The largest absolute Gasteiger partial charge is 0.362 e. The number of carbonyl (C=O) groups is 1. The van der Waals surface area contributed by atoms with Gasteiger partial charge in [0.15, 0.2) is 11.6 Å². The number of fused-ring (bicyclic) bond motifs is 1. The molecule has 1 aliphatic carbocycles. The molecular formula is C24H27F2N5O. The third-order valence-corrected chi connectivity index (χ3v) is 5.92. The number of amides is 1. The molecule has 2 N–H and O–H groups in total. The van der Waals surface area contributed by atoms with Gasteiger partial charge in [0.25, 0.3) is 5.91 Å². The van der Waals surface area contributed by atoms with Gasteiger partial charge in [0.05, 0.1) is 5.52 Å². The number of anilines is 2. The highest BCUT2D eigenvalue weighted by Crippen LogP contribution is 2.28. The fourth-order valence-electron chi connectivity index (χ4n) is 4.14. The third kappa shape index (κ3) is 4.95. The number of rotatable bonds is 6. The molecule has 1 fully saturated rings. The van der Waals surface area contributed by atoms with E-state index in [1.807, 2.05) is 43.3 Å². The van der Waals surface area contributed by atoms with Crippen LogP contribution in [0.25, 0.3) is 10.9 Å². The summed E-state index contributed by atoms with van der Waals surface area (Å²) in [5.74, 6) is -0.505. The maximum atomic E-state index is 13.3. The lowest BCUT2D eigenvalue weighted by atomic mass is 9.86. The number of carbonyl (C=O) groups excluding carboxylic acids is 1. The Labute approximate surface area is 186 Å². The Bertz CT molecular complexity index is 1110. The van der Waals surface area contributed by atoms with Gasteiger partial charge in [-0.25, -0.2) is 13.8 Å². The standard InChI is InChI=1S/C24H27F2N5O/c1-31(2)22-18-5-3-4-6-21(18)29-24(30-22)28-17-10-7-15(8-11-17)14-27-23(32)16-9-12-19(25)20(26)13-16/h3-6,9,12-13,15,17H,7-8,10-11,14H2,1-2H3,(H,27,32)(H,28,29,30). The lowest BCUT2D eigenvalue weighted by Crippen LogP contribution is -2.34. The molecule has 0 bridgehead atoms. The van der Waals surface area contributed by atoms with Gasteiger partial charge in [-0.2, -0.15) is 4.98 Å². The second-order valence-electron chi connectivity index (χ2n) is 8.48. The molecule has 32 heavy (non-hydrogen) atoms. The van der Waals surface area contributed by atoms with Gasteiger partial charge < -0.3 is 15.5 Å². The molecule has 0 radical (unpaired) electrons. The van der Waals surface area contributed by atoms with Crippen molar-refractivity contribution in [2.24, 2.45) is 5.92 Å². The molecule has 1 amide bonds. The van der Waals surface area contributed by atoms with Gasteiger partial charge >= 0.3 is 0 Å². The van der Waals surface area contributed by atoms with Crippen molar-refractivity contribution in [1.82, 2.24) is 15.3 Å². The maximum absolute atomic E-state index is 13.3. The highest BCUT2D eigenvalue weighted by atomic mass is 19.2. The predicted molar refractivity (Wildman–Crippen MR) is 122 cm³/mol. The van der Waals surface area contributed by atoms with Crippen LogP contribution in [0.4, 0.5) is 20.5 Å².